The lowest BCUT2D eigenvalue weighted by Crippen LogP contribution is -2.35. The van der Waals surface area contributed by atoms with Gasteiger partial charge in [-0.25, -0.2) is 4.98 Å². The summed E-state index contributed by atoms with van der Waals surface area (Å²) in [6, 6.07) is 9.56. The molecule has 3 aromatic rings. The summed E-state index contributed by atoms with van der Waals surface area (Å²) in [5.74, 6) is -0.0502. The van der Waals surface area contributed by atoms with Crippen molar-refractivity contribution in [1.82, 2.24) is 15.2 Å². The molecule has 0 spiro atoms. The average molecular weight is 426 g/mol. The third-order valence-electron chi connectivity index (χ3n) is 5.04. The minimum Gasteiger partial charge on any atom is -0.347 e. The molecule has 1 fully saturated rings. The van der Waals surface area contributed by atoms with E-state index in [-0.39, 0.29) is 11.8 Å². The highest BCUT2D eigenvalue weighted by molar-refractivity contribution is 7.17. The van der Waals surface area contributed by atoms with Crippen molar-refractivity contribution < 1.29 is 9.59 Å². The maximum Gasteiger partial charge on any atom is 0.263 e. The van der Waals surface area contributed by atoms with E-state index >= 15 is 0 Å². The Bertz CT molecular complexity index is 1010. The number of benzene rings is 1. The van der Waals surface area contributed by atoms with Crippen LogP contribution in [-0.2, 0) is 6.54 Å². The van der Waals surface area contributed by atoms with Gasteiger partial charge in [-0.05, 0) is 55.3 Å². The summed E-state index contributed by atoms with van der Waals surface area (Å²) in [6.45, 7) is 3.90. The monoisotopic (exact) mass is 425 g/mol. The number of nitrogens with one attached hydrogen (secondary N) is 1. The fourth-order valence-electron chi connectivity index (χ4n) is 3.47. The molecular formula is C22H23N3O2S2. The van der Waals surface area contributed by atoms with Crippen molar-refractivity contribution in [2.24, 2.45) is 0 Å². The predicted molar refractivity (Wildman–Crippen MR) is 118 cm³/mol. The van der Waals surface area contributed by atoms with Crippen LogP contribution in [0.15, 0.2) is 41.1 Å². The molecule has 0 bridgehead atoms. The van der Waals surface area contributed by atoms with Crippen LogP contribution in [-0.4, -0.2) is 34.8 Å². The van der Waals surface area contributed by atoms with Crippen molar-refractivity contribution >= 4 is 34.5 Å². The van der Waals surface area contributed by atoms with Crippen LogP contribution in [0.1, 0.15) is 50.5 Å². The van der Waals surface area contributed by atoms with E-state index in [0.717, 1.165) is 47.8 Å². The molecule has 1 aliphatic rings. The molecule has 0 radical (unpaired) electrons. The molecule has 0 aliphatic carbocycles. The number of aromatic nitrogens is 1. The average Bonchev–Trinajstić information content (AvgIpc) is 3.42. The van der Waals surface area contributed by atoms with Crippen LogP contribution in [0.4, 0.5) is 0 Å². The number of amides is 2. The van der Waals surface area contributed by atoms with E-state index in [1.807, 2.05) is 52.9 Å². The van der Waals surface area contributed by atoms with Gasteiger partial charge >= 0.3 is 0 Å². The first-order valence-corrected chi connectivity index (χ1v) is 11.5. The largest absolute Gasteiger partial charge is 0.347 e. The highest BCUT2D eigenvalue weighted by Gasteiger charge is 2.19. The first-order valence-electron chi connectivity index (χ1n) is 9.78. The zero-order valence-electron chi connectivity index (χ0n) is 16.3. The lowest BCUT2D eigenvalue weighted by Gasteiger charge is -2.26. The predicted octanol–water partition coefficient (Wildman–Crippen LogP) is 4.74. The molecule has 5 nitrogen and oxygen atoms in total. The van der Waals surface area contributed by atoms with Gasteiger partial charge in [0.05, 0.1) is 5.69 Å². The molecular weight excluding hydrogens is 402 g/mol. The summed E-state index contributed by atoms with van der Waals surface area (Å²) in [5, 5.41) is 7.87. The molecule has 3 heterocycles. The van der Waals surface area contributed by atoms with Crippen molar-refractivity contribution in [3.8, 4) is 10.6 Å². The standard InChI is InChI=1S/C22H23N3O2S2/c1-15-19(29-21(24-15)18-8-11-28-14-18)20(26)23-13-16-6-5-7-17(12-16)22(27)25-9-3-2-4-10-25/h5-8,11-12,14H,2-4,9-10,13H2,1H3,(H,23,26). The highest BCUT2D eigenvalue weighted by atomic mass is 32.1. The quantitative estimate of drug-likeness (QED) is 0.642. The van der Waals surface area contributed by atoms with Crippen molar-refractivity contribution in [3.63, 3.8) is 0 Å². The van der Waals surface area contributed by atoms with Gasteiger partial charge in [0.15, 0.2) is 0 Å². The topological polar surface area (TPSA) is 62.3 Å². The number of nitrogens with zero attached hydrogens (tertiary/aromatic N) is 2. The van der Waals surface area contributed by atoms with Crippen LogP contribution >= 0.6 is 22.7 Å². The smallest absolute Gasteiger partial charge is 0.263 e. The fourth-order valence-corrected chi connectivity index (χ4v) is 5.17. The molecule has 0 saturated carbocycles. The van der Waals surface area contributed by atoms with E-state index in [4.69, 9.17) is 0 Å². The number of likely N-dealkylation sites (tertiary alicyclic amines) is 1. The Morgan fingerprint density at radius 3 is 2.76 bits per heavy atom. The normalized spacial score (nSPS) is 14.0. The van der Waals surface area contributed by atoms with Gasteiger partial charge in [0, 0.05) is 36.1 Å². The van der Waals surface area contributed by atoms with Gasteiger partial charge in [-0.3, -0.25) is 9.59 Å². The van der Waals surface area contributed by atoms with Gasteiger partial charge in [0.25, 0.3) is 11.8 Å². The molecule has 4 rings (SSSR count). The van der Waals surface area contributed by atoms with Crippen LogP contribution in [0, 0.1) is 6.92 Å². The molecule has 2 aromatic heterocycles. The minimum absolute atomic E-state index is 0.0802. The summed E-state index contributed by atoms with van der Waals surface area (Å²) in [6.07, 6.45) is 3.34. The Morgan fingerprint density at radius 2 is 2.00 bits per heavy atom. The van der Waals surface area contributed by atoms with Crippen LogP contribution in [0.5, 0.6) is 0 Å². The SMILES string of the molecule is Cc1nc(-c2ccsc2)sc1C(=O)NCc1cccc(C(=O)N2CCCCC2)c1. The Hall–Kier alpha value is -2.51. The van der Waals surface area contributed by atoms with Crippen LogP contribution in [0.2, 0.25) is 0 Å². The number of hydrogen-bond acceptors (Lipinski definition) is 5. The van der Waals surface area contributed by atoms with Crippen LogP contribution in [0.25, 0.3) is 10.6 Å². The lowest BCUT2D eigenvalue weighted by molar-refractivity contribution is 0.0724. The summed E-state index contributed by atoms with van der Waals surface area (Å²) in [7, 11) is 0. The molecule has 1 N–H and O–H groups in total. The Balaban J connectivity index is 1.41. The Kier molecular flexibility index (Phi) is 6.06. The van der Waals surface area contributed by atoms with Gasteiger partial charge in [0.1, 0.15) is 9.88 Å². The maximum atomic E-state index is 12.7. The maximum absolute atomic E-state index is 12.7. The summed E-state index contributed by atoms with van der Waals surface area (Å²) < 4.78 is 0. The van der Waals surface area contributed by atoms with Crippen molar-refractivity contribution in [1.29, 1.82) is 0 Å². The summed E-state index contributed by atoms with van der Waals surface area (Å²) in [4.78, 5) is 32.5. The van der Waals surface area contributed by atoms with Crippen molar-refractivity contribution in [2.75, 3.05) is 13.1 Å². The molecule has 1 aliphatic heterocycles. The lowest BCUT2D eigenvalue weighted by atomic mass is 10.1. The molecule has 7 heteroatoms. The first kappa shape index (κ1) is 19.8. The zero-order chi connectivity index (χ0) is 20.2. The number of piperidine rings is 1. The number of thiazole rings is 1. The second-order valence-electron chi connectivity index (χ2n) is 7.18. The second kappa shape index (κ2) is 8.88. The number of aryl methyl sites for hydroxylation is 1. The molecule has 0 atom stereocenters. The van der Waals surface area contributed by atoms with Gasteiger partial charge in [-0.15, -0.1) is 11.3 Å². The fraction of sp³-hybridized carbons (Fsp3) is 0.318. The summed E-state index contributed by atoms with van der Waals surface area (Å²) in [5.41, 5.74) is 3.39. The van der Waals surface area contributed by atoms with Crippen molar-refractivity contribution in [2.45, 2.75) is 32.7 Å². The van der Waals surface area contributed by atoms with Gasteiger partial charge in [-0.1, -0.05) is 12.1 Å². The molecule has 1 saturated heterocycles. The van der Waals surface area contributed by atoms with Crippen molar-refractivity contribution in [3.05, 3.63) is 62.8 Å². The minimum atomic E-state index is -0.130. The Morgan fingerprint density at radius 1 is 1.17 bits per heavy atom. The third-order valence-corrected chi connectivity index (χ3v) is 6.93. The van der Waals surface area contributed by atoms with E-state index in [1.165, 1.54) is 17.8 Å². The number of carbonyl (C=O) groups is 2. The third kappa shape index (κ3) is 4.57. The summed E-state index contributed by atoms with van der Waals surface area (Å²) >= 11 is 3.02. The van der Waals surface area contributed by atoms with E-state index in [1.54, 1.807) is 11.3 Å². The highest BCUT2D eigenvalue weighted by Crippen LogP contribution is 2.29. The van der Waals surface area contributed by atoms with Gasteiger partial charge in [-0.2, -0.15) is 11.3 Å². The van der Waals surface area contributed by atoms with E-state index < -0.39 is 0 Å². The molecule has 29 heavy (non-hydrogen) atoms. The van der Waals surface area contributed by atoms with Crippen LogP contribution in [0.3, 0.4) is 0 Å². The van der Waals surface area contributed by atoms with E-state index in [0.29, 0.717) is 17.0 Å². The van der Waals surface area contributed by atoms with Gasteiger partial charge in [0.2, 0.25) is 0 Å². The second-order valence-corrected chi connectivity index (χ2v) is 8.96. The number of thiophene rings is 1. The number of rotatable bonds is 5. The zero-order valence-corrected chi connectivity index (χ0v) is 17.9. The number of carbonyl (C=O) groups excluding carboxylic acids is 2. The molecule has 150 valence electrons. The number of hydrogen-bond donors (Lipinski definition) is 1. The first-order chi connectivity index (χ1) is 14.1. The van der Waals surface area contributed by atoms with E-state index in [2.05, 4.69) is 10.3 Å². The molecule has 2 amide bonds. The van der Waals surface area contributed by atoms with Crippen LogP contribution < -0.4 is 5.32 Å². The van der Waals surface area contributed by atoms with Gasteiger partial charge < -0.3 is 10.2 Å². The van der Waals surface area contributed by atoms with E-state index in [9.17, 15) is 9.59 Å². The molecule has 0 unspecified atom stereocenters. The molecule has 1 aromatic carbocycles. The Labute approximate surface area is 178 Å².